The third-order valence-electron chi connectivity index (χ3n) is 3.25. The molecule has 1 aromatic heterocycles. The Hall–Kier alpha value is -2.25. The van der Waals surface area contributed by atoms with E-state index in [9.17, 15) is 24.6 Å². The fourth-order valence-electron chi connectivity index (χ4n) is 2.12. The number of aromatic amines is 1. The maximum Gasteiger partial charge on any atom is 0.379 e. The molecule has 4 atom stereocenters. The van der Waals surface area contributed by atoms with Gasteiger partial charge in [-0.3, -0.25) is 19.2 Å². The van der Waals surface area contributed by atoms with Crippen LogP contribution in [0.5, 0.6) is 5.75 Å². The predicted molar refractivity (Wildman–Crippen MR) is 72.9 cm³/mol. The number of carbonyl (C=O) groups excluding carboxylic acids is 1. The molecule has 1 aliphatic heterocycles. The monoisotopic (exact) mass is 348 g/mol. The highest BCUT2D eigenvalue weighted by Crippen LogP contribution is 2.28. The molecule has 4 N–H and O–H groups in total. The molecule has 2 heterocycles. The van der Waals surface area contributed by atoms with Crippen molar-refractivity contribution in [1.29, 1.82) is 0 Å². The van der Waals surface area contributed by atoms with Crippen LogP contribution in [0.1, 0.15) is 6.23 Å². The number of carbonyl (C=O) groups is 1. The van der Waals surface area contributed by atoms with E-state index in [4.69, 9.17) is 14.6 Å². The van der Waals surface area contributed by atoms with Gasteiger partial charge in [0, 0.05) is 0 Å². The molecule has 1 aliphatic rings. The van der Waals surface area contributed by atoms with Crippen LogP contribution in [0.2, 0.25) is 0 Å². The van der Waals surface area contributed by atoms with E-state index in [-0.39, 0.29) is 0 Å². The lowest BCUT2D eigenvalue weighted by Crippen LogP contribution is -2.38. The van der Waals surface area contributed by atoms with E-state index in [1.54, 1.807) is 0 Å². The topological polar surface area (TPSA) is 170 Å². The summed E-state index contributed by atoms with van der Waals surface area (Å²) in [6, 6.07) is 0. The van der Waals surface area contributed by atoms with Gasteiger partial charge in [0.15, 0.2) is 12.8 Å². The standard InChI is InChI=1S/C12H16N2O10/c1-21-24-7(16)4-22-5-2-14(12(20)13-10(5)19)11-9(18)8(17)6(3-15)23-11/h2,6,8-9,11,15,17-18H,3-4H2,1H3,(H,13,19,20)/t6-,8+,9?,11-/m1/s1. The Kier molecular flexibility index (Phi) is 5.69. The largest absolute Gasteiger partial charge is 0.475 e. The van der Waals surface area contributed by atoms with E-state index in [0.717, 1.165) is 17.9 Å². The van der Waals surface area contributed by atoms with Crippen molar-refractivity contribution < 1.29 is 39.4 Å². The molecule has 0 aromatic carbocycles. The summed E-state index contributed by atoms with van der Waals surface area (Å²) < 4.78 is 10.9. The zero-order valence-corrected chi connectivity index (χ0v) is 12.4. The first-order chi connectivity index (χ1) is 11.4. The number of ether oxygens (including phenoxy) is 2. The molecule has 1 fully saturated rings. The summed E-state index contributed by atoms with van der Waals surface area (Å²) in [6.45, 7) is -1.26. The Bertz CT molecular complexity index is 698. The van der Waals surface area contributed by atoms with Gasteiger partial charge in [-0.15, -0.1) is 0 Å². The summed E-state index contributed by atoms with van der Waals surface area (Å²) in [5.74, 6) is -1.36. The second-order valence-corrected chi connectivity index (χ2v) is 4.80. The first kappa shape index (κ1) is 18.1. The number of H-pyrrole nitrogens is 1. The SMILES string of the molecule is COOC(=O)COc1cn([C@@H]2O[C@H](CO)[C@H](O)C2O)c(=O)[nH]c1=O. The van der Waals surface area contributed by atoms with Crippen molar-refractivity contribution in [3.63, 3.8) is 0 Å². The minimum absolute atomic E-state index is 0.430. The highest BCUT2D eigenvalue weighted by atomic mass is 17.2. The lowest BCUT2D eigenvalue weighted by molar-refractivity contribution is -0.256. The summed E-state index contributed by atoms with van der Waals surface area (Å²) in [4.78, 5) is 44.9. The second kappa shape index (κ2) is 7.55. The zero-order valence-electron chi connectivity index (χ0n) is 12.4. The number of aromatic nitrogens is 2. The molecule has 134 valence electrons. The average molecular weight is 348 g/mol. The van der Waals surface area contributed by atoms with Gasteiger partial charge in [0.2, 0.25) is 5.75 Å². The molecule has 0 saturated carbocycles. The molecule has 0 spiro atoms. The van der Waals surface area contributed by atoms with Gasteiger partial charge in [-0.05, 0) is 0 Å². The van der Waals surface area contributed by atoms with Crippen molar-refractivity contribution in [3.05, 3.63) is 27.0 Å². The van der Waals surface area contributed by atoms with Crippen molar-refractivity contribution in [2.75, 3.05) is 20.3 Å². The van der Waals surface area contributed by atoms with Crippen LogP contribution in [-0.2, 0) is 19.3 Å². The molecule has 0 amide bonds. The summed E-state index contributed by atoms with van der Waals surface area (Å²) in [5, 5.41) is 28.7. The van der Waals surface area contributed by atoms with E-state index >= 15 is 0 Å². The van der Waals surface area contributed by atoms with Gasteiger partial charge < -0.3 is 24.8 Å². The predicted octanol–water partition coefficient (Wildman–Crippen LogP) is -3.37. The fraction of sp³-hybridized carbons (Fsp3) is 0.583. The first-order valence-electron chi connectivity index (χ1n) is 6.73. The van der Waals surface area contributed by atoms with E-state index < -0.39 is 60.7 Å². The summed E-state index contributed by atoms with van der Waals surface area (Å²) in [7, 11) is 1.10. The molecule has 12 nitrogen and oxygen atoms in total. The Morgan fingerprint density at radius 1 is 1.38 bits per heavy atom. The smallest absolute Gasteiger partial charge is 0.379 e. The Morgan fingerprint density at radius 3 is 2.67 bits per heavy atom. The Balaban J connectivity index is 2.25. The van der Waals surface area contributed by atoms with E-state index in [1.807, 2.05) is 4.98 Å². The quantitative estimate of drug-likeness (QED) is 0.300. The normalized spacial score (nSPS) is 26.3. The number of hydrogen-bond acceptors (Lipinski definition) is 10. The van der Waals surface area contributed by atoms with Crippen molar-refractivity contribution >= 4 is 5.97 Å². The van der Waals surface area contributed by atoms with Gasteiger partial charge in [-0.2, -0.15) is 4.89 Å². The number of aliphatic hydroxyl groups excluding tert-OH is 3. The van der Waals surface area contributed by atoms with Crippen LogP contribution in [0.3, 0.4) is 0 Å². The van der Waals surface area contributed by atoms with E-state index in [1.165, 1.54) is 0 Å². The molecule has 2 rings (SSSR count). The average Bonchev–Trinajstić information content (AvgIpc) is 2.82. The van der Waals surface area contributed by atoms with Gasteiger partial charge in [-0.1, -0.05) is 0 Å². The van der Waals surface area contributed by atoms with E-state index in [0.29, 0.717) is 0 Å². The third kappa shape index (κ3) is 3.63. The molecule has 0 bridgehead atoms. The van der Waals surface area contributed by atoms with Crippen LogP contribution in [0, 0.1) is 0 Å². The number of nitrogens with zero attached hydrogens (tertiary/aromatic N) is 1. The number of rotatable bonds is 6. The van der Waals surface area contributed by atoms with Crippen LogP contribution in [0.25, 0.3) is 0 Å². The summed E-state index contributed by atoms with van der Waals surface area (Å²) in [5.41, 5.74) is -1.87. The molecular weight excluding hydrogens is 332 g/mol. The van der Waals surface area contributed by atoms with Gasteiger partial charge in [0.1, 0.15) is 18.3 Å². The van der Waals surface area contributed by atoms with Crippen molar-refractivity contribution in [2.45, 2.75) is 24.5 Å². The highest BCUT2D eigenvalue weighted by molar-refractivity contribution is 5.70. The Labute approximate surface area is 133 Å². The minimum atomic E-state index is -1.53. The fourth-order valence-corrected chi connectivity index (χ4v) is 2.12. The highest BCUT2D eigenvalue weighted by Gasteiger charge is 2.43. The zero-order chi connectivity index (χ0) is 17.9. The van der Waals surface area contributed by atoms with Crippen LogP contribution in [-0.4, -0.2) is 69.5 Å². The molecular formula is C12H16N2O10. The van der Waals surface area contributed by atoms with Gasteiger partial charge in [0.25, 0.3) is 5.56 Å². The lowest BCUT2D eigenvalue weighted by Gasteiger charge is -2.17. The van der Waals surface area contributed by atoms with Crippen molar-refractivity contribution in [2.24, 2.45) is 0 Å². The van der Waals surface area contributed by atoms with Gasteiger partial charge in [0.05, 0.1) is 19.9 Å². The Morgan fingerprint density at radius 2 is 2.08 bits per heavy atom. The number of hydrogen-bond donors (Lipinski definition) is 4. The molecule has 1 aromatic rings. The first-order valence-corrected chi connectivity index (χ1v) is 6.73. The van der Waals surface area contributed by atoms with Crippen LogP contribution in [0.4, 0.5) is 0 Å². The second-order valence-electron chi connectivity index (χ2n) is 4.80. The molecule has 24 heavy (non-hydrogen) atoms. The molecule has 0 aliphatic carbocycles. The maximum atomic E-state index is 11.9. The van der Waals surface area contributed by atoms with Gasteiger partial charge >= 0.3 is 11.7 Å². The van der Waals surface area contributed by atoms with Crippen molar-refractivity contribution in [3.8, 4) is 5.75 Å². The summed E-state index contributed by atoms with van der Waals surface area (Å²) in [6.07, 6.45) is -4.53. The van der Waals surface area contributed by atoms with Crippen LogP contribution >= 0.6 is 0 Å². The van der Waals surface area contributed by atoms with Crippen LogP contribution < -0.4 is 16.0 Å². The molecule has 1 unspecified atom stereocenters. The van der Waals surface area contributed by atoms with Gasteiger partial charge in [-0.25, -0.2) is 9.59 Å². The molecule has 12 heteroatoms. The van der Waals surface area contributed by atoms with Crippen LogP contribution in [0.15, 0.2) is 15.8 Å². The third-order valence-corrected chi connectivity index (χ3v) is 3.25. The minimum Gasteiger partial charge on any atom is -0.475 e. The van der Waals surface area contributed by atoms with Crippen molar-refractivity contribution in [1.82, 2.24) is 9.55 Å². The van der Waals surface area contributed by atoms with E-state index in [2.05, 4.69) is 9.78 Å². The summed E-state index contributed by atoms with van der Waals surface area (Å²) >= 11 is 0. The molecule has 0 radical (unpaired) electrons. The lowest BCUT2D eigenvalue weighted by atomic mass is 10.1. The number of aliphatic hydroxyl groups is 3. The maximum absolute atomic E-state index is 11.9. The molecule has 1 saturated heterocycles. The number of nitrogens with one attached hydrogen (secondary N) is 1.